The Morgan fingerprint density at radius 1 is 1.30 bits per heavy atom. The fourth-order valence-electron chi connectivity index (χ4n) is 2.20. The molecule has 0 aliphatic heterocycles. The van der Waals surface area contributed by atoms with Crippen molar-refractivity contribution in [2.24, 2.45) is 0 Å². The van der Waals surface area contributed by atoms with Crippen LogP contribution in [0.1, 0.15) is 0 Å². The van der Waals surface area contributed by atoms with Gasteiger partial charge in [0, 0.05) is 9.50 Å². The summed E-state index contributed by atoms with van der Waals surface area (Å²) in [6.45, 7) is 0. The van der Waals surface area contributed by atoms with Gasteiger partial charge in [-0.15, -0.1) is 5.10 Å². The summed E-state index contributed by atoms with van der Waals surface area (Å²) in [7, 11) is 1.57. The number of anilines is 1. The van der Waals surface area contributed by atoms with Gasteiger partial charge >= 0.3 is 0 Å². The normalized spacial score (nSPS) is 10.7. The molecule has 0 bridgehead atoms. The third kappa shape index (κ3) is 5.16. The highest BCUT2D eigenvalue weighted by atomic mass is 79.9. The minimum atomic E-state index is -0.212. The largest absolute Gasteiger partial charge is 0.496 e. The molecule has 0 saturated heterocycles. The molecule has 0 spiro atoms. The molecule has 0 fully saturated rings. The van der Waals surface area contributed by atoms with Gasteiger partial charge in [0.15, 0.2) is 5.82 Å². The summed E-state index contributed by atoms with van der Waals surface area (Å²) in [5.74, 6) is 1.05. The third-order valence-corrected chi connectivity index (χ3v) is 5.31. The van der Waals surface area contributed by atoms with E-state index in [-0.39, 0.29) is 11.7 Å². The number of nitrogens with one attached hydrogen (secondary N) is 2. The van der Waals surface area contributed by atoms with Gasteiger partial charge < -0.3 is 10.1 Å². The highest BCUT2D eigenvalue weighted by Crippen LogP contribution is 2.31. The summed E-state index contributed by atoms with van der Waals surface area (Å²) < 4.78 is 6.15. The lowest BCUT2D eigenvalue weighted by Crippen LogP contribution is -2.14. The summed E-state index contributed by atoms with van der Waals surface area (Å²) in [6, 6.07) is 10.5. The maximum absolute atomic E-state index is 12.1. The number of methoxy groups -OCH3 is 1. The molecule has 0 saturated carbocycles. The van der Waals surface area contributed by atoms with Crippen molar-refractivity contribution in [1.82, 2.24) is 15.2 Å². The minimum absolute atomic E-state index is 0.135. The molecule has 6 nitrogen and oxygen atoms in total. The van der Waals surface area contributed by atoms with E-state index in [2.05, 4.69) is 36.4 Å². The second-order valence-electron chi connectivity index (χ2n) is 5.27. The minimum Gasteiger partial charge on any atom is -0.496 e. The van der Waals surface area contributed by atoms with Crippen molar-refractivity contribution in [3.63, 3.8) is 0 Å². The van der Waals surface area contributed by atoms with Gasteiger partial charge in [0.1, 0.15) is 5.75 Å². The van der Waals surface area contributed by atoms with Crippen molar-refractivity contribution in [3.05, 3.63) is 50.9 Å². The zero-order valence-corrected chi connectivity index (χ0v) is 17.8. The third-order valence-electron chi connectivity index (χ3n) is 3.42. The number of H-pyrrole nitrogens is 1. The SMILES string of the molecule is COc1ccc(Cl)cc1-c1nc(SCC(=O)Nc2ccc(Br)cc2Cl)n[nH]1. The highest BCUT2D eigenvalue weighted by Gasteiger charge is 2.14. The smallest absolute Gasteiger partial charge is 0.234 e. The molecule has 3 aromatic rings. The van der Waals surface area contributed by atoms with E-state index in [0.29, 0.717) is 38.0 Å². The fourth-order valence-corrected chi connectivity index (χ4v) is 3.70. The molecule has 3 rings (SSSR count). The Kier molecular flexibility index (Phi) is 6.64. The van der Waals surface area contributed by atoms with Gasteiger partial charge in [0.05, 0.1) is 29.1 Å². The molecule has 1 amide bonds. The summed E-state index contributed by atoms with van der Waals surface area (Å²) >= 11 is 16.7. The van der Waals surface area contributed by atoms with Crippen molar-refractivity contribution in [1.29, 1.82) is 0 Å². The molecule has 140 valence electrons. The molecule has 1 aromatic heterocycles. The first-order chi connectivity index (χ1) is 13.0. The van der Waals surface area contributed by atoms with E-state index < -0.39 is 0 Å². The number of carbonyl (C=O) groups excluding carboxylic acids is 1. The molecular weight excluding hydrogens is 475 g/mol. The van der Waals surface area contributed by atoms with Gasteiger partial charge in [-0.25, -0.2) is 4.98 Å². The molecule has 2 aromatic carbocycles. The molecule has 2 N–H and O–H groups in total. The topological polar surface area (TPSA) is 79.9 Å². The van der Waals surface area contributed by atoms with Crippen LogP contribution in [-0.4, -0.2) is 34.0 Å². The Morgan fingerprint density at radius 3 is 2.85 bits per heavy atom. The van der Waals surface area contributed by atoms with Gasteiger partial charge in [0.2, 0.25) is 11.1 Å². The number of aromatic nitrogens is 3. The highest BCUT2D eigenvalue weighted by molar-refractivity contribution is 9.10. The maximum Gasteiger partial charge on any atom is 0.234 e. The number of carbonyl (C=O) groups is 1. The van der Waals surface area contributed by atoms with E-state index in [1.165, 1.54) is 11.8 Å². The lowest BCUT2D eigenvalue weighted by atomic mass is 10.2. The fraction of sp³-hybridized carbons (Fsp3) is 0.118. The number of thioether (sulfide) groups is 1. The number of benzene rings is 2. The Morgan fingerprint density at radius 2 is 2.11 bits per heavy atom. The maximum atomic E-state index is 12.1. The number of hydrogen-bond acceptors (Lipinski definition) is 5. The standard InChI is InChI=1S/C17H13BrCl2N4O2S/c1-26-14-5-3-10(19)7-11(14)16-22-17(24-23-16)27-8-15(25)21-13-4-2-9(18)6-12(13)20/h2-7H,8H2,1H3,(H,21,25)(H,22,23,24). The van der Waals surface area contributed by atoms with Crippen molar-refractivity contribution in [2.45, 2.75) is 5.16 Å². The second-order valence-corrected chi connectivity index (χ2v) is 7.97. The molecule has 0 unspecified atom stereocenters. The average molecular weight is 488 g/mol. The summed E-state index contributed by atoms with van der Waals surface area (Å²) in [5.41, 5.74) is 1.24. The van der Waals surface area contributed by atoms with Crippen LogP contribution >= 0.6 is 50.9 Å². The van der Waals surface area contributed by atoms with E-state index in [0.717, 1.165) is 4.47 Å². The van der Waals surface area contributed by atoms with Crippen LogP contribution in [-0.2, 0) is 4.79 Å². The average Bonchev–Trinajstić information content (AvgIpc) is 3.11. The predicted octanol–water partition coefficient (Wildman–Crippen LogP) is 5.28. The molecule has 0 radical (unpaired) electrons. The van der Waals surface area contributed by atoms with Crippen LogP contribution in [0.2, 0.25) is 10.0 Å². The summed E-state index contributed by atoms with van der Waals surface area (Å²) in [6.07, 6.45) is 0. The van der Waals surface area contributed by atoms with E-state index >= 15 is 0 Å². The molecule has 1 heterocycles. The van der Waals surface area contributed by atoms with Gasteiger partial charge in [-0.05, 0) is 36.4 Å². The second kappa shape index (κ2) is 8.97. The van der Waals surface area contributed by atoms with E-state index in [4.69, 9.17) is 27.9 Å². The van der Waals surface area contributed by atoms with Crippen LogP contribution in [0, 0.1) is 0 Å². The first-order valence-corrected chi connectivity index (χ1v) is 10.1. The van der Waals surface area contributed by atoms with E-state index in [1.54, 1.807) is 43.5 Å². The summed E-state index contributed by atoms with van der Waals surface area (Å²) in [5, 5.41) is 11.2. The van der Waals surface area contributed by atoms with Crippen LogP contribution < -0.4 is 10.1 Å². The first-order valence-electron chi connectivity index (χ1n) is 7.60. The Hall–Kier alpha value is -1.74. The Balaban J connectivity index is 1.64. The first kappa shape index (κ1) is 20.0. The van der Waals surface area contributed by atoms with E-state index in [1.807, 2.05) is 0 Å². The van der Waals surface area contributed by atoms with Crippen LogP contribution in [0.3, 0.4) is 0 Å². The van der Waals surface area contributed by atoms with Crippen molar-refractivity contribution in [3.8, 4) is 17.1 Å². The van der Waals surface area contributed by atoms with Gasteiger partial charge in [-0.3, -0.25) is 9.89 Å². The number of amides is 1. The number of aromatic amines is 1. The lowest BCUT2D eigenvalue weighted by Gasteiger charge is -2.06. The van der Waals surface area contributed by atoms with Gasteiger partial charge in [0.25, 0.3) is 0 Å². The Labute approximate surface area is 178 Å². The molecule has 0 atom stereocenters. The Bertz CT molecular complexity index is 983. The molecule has 27 heavy (non-hydrogen) atoms. The molecular formula is C17H13BrCl2N4O2S. The number of ether oxygens (including phenoxy) is 1. The monoisotopic (exact) mass is 486 g/mol. The van der Waals surface area contributed by atoms with Gasteiger partial charge in [-0.2, -0.15) is 0 Å². The summed E-state index contributed by atoms with van der Waals surface area (Å²) in [4.78, 5) is 16.5. The zero-order chi connectivity index (χ0) is 19.4. The molecule has 0 aliphatic carbocycles. The number of hydrogen-bond donors (Lipinski definition) is 2. The molecule has 0 aliphatic rings. The van der Waals surface area contributed by atoms with E-state index in [9.17, 15) is 4.79 Å². The van der Waals surface area contributed by atoms with Crippen molar-refractivity contribution in [2.75, 3.05) is 18.2 Å². The van der Waals surface area contributed by atoms with Gasteiger partial charge in [-0.1, -0.05) is 50.9 Å². The molecule has 10 heteroatoms. The lowest BCUT2D eigenvalue weighted by molar-refractivity contribution is -0.113. The number of rotatable bonds is 6. The quantitative estimate of drug-likeness (QED) is 0.462. The van der Waals surface area contributed by atoms with Crippen LogP contribution in [0.25, 0.3) is 11.4 Å². The van der Waals surface area contributed by atoms with Crippen LogP contribution in [0.5, 0.6) is 5.75 Å². The van der Waals surface area contributed by atoms with Crippen LogP contribution in [0.15, 0.2) is 46.0 Å². The van der Waals surface area contributed by atoms with Crippen molar-refractivity contribution >= 4 is 62.5 Å². The zero-order valence-electron chi connectivity index (χ0n) is 13.9. The van der Waals surface area contributed by atoms with Crippen LogP contribution in [0.4, 0.5) is 5.69 Å². The number of nitrogens with zero attached hydrogens (tertiary/aromatic N) is 2. The van der Waals surface area contributed by atoms with Crippen molar-refractivity contribution < 1.29 is 9.53 Å². The predicted molar refractivity (Wildman–Crippen MR) is 112 cm³/mol. The number of halogens is 3.